The number of rotatable bonds is 3. The third kappa shape index (κ3) is 2.90. The van der Waals surface area contributed by atoms with Crippen molar-refractivity contribution in [3.8, 4) is 0 Å². The average Bonchev–Trinajstić information content (AvgIpc) is 2.82. The number of anilines is 1. The number of thiazole rings is 1. The lowest BCUT2D eigenvalue weighted by Gasteiger charge is -2.35. The predicted molar refractivity (Wildman–Crippen MR) is 83.1 cm³/mol. The monoisotopic (exact) mass is 275 g/mol. The number of para-hydroxylation sites is 1. The van der Waals surface area contributed by atoms with Crippen LogP contribution in [0.15, 0.2) is 24.3 Å². The van der Waals surface area contributed by atoms with Gasteiger partial charge in [-0.05, 0) is 18.1 Å². The first-order chi connectivity index (χ1) is 9.22. The van der Waals surface area contributed by atoms with Crippen LogP contribution in [-0.4, -0.2) is 42.6 Å². The zero-order valence-electron chi connectivity index (χ0n) is 11.7. The van der Waals surface area contributed by atoms with Crippen molar-refractivity contribution in [1.82, 2.24) is 9.88 Å². The quantitative estimate of drug-likeness (QED) is 0.858. The van der Waals surface area contributed by atoms with Crippen molar-refractivity contribution >= 4 is 26.7 Å². The van der Waals surface area contributed by atoms with E-state index in [1.807, 2.05) is 11.3 Å². The predicted octanol–water partition coefficient (Wildman–Crippen LogP) is 3.07. The van der Waals surface area contributed by atoms with E-state index in [1.165, 1.54) is 16.4 Å². The molecule has 4 heteroatoms. The molecule has 1 saturated heterocycles. The lowest BCUT2D eigenvalue weighted by atomic mass is 10.2. The molecule has 1 aliphatic rings. The van der Waals surface area contributed by atoms with Crippen molar-refractivity contribution in [2.24, 2.45) is 5.92 Å². The maximum absolute atomic E-state index is 4.75. The molecular formula is C15H21N3S. The molecule has 0 amide bonds. The molecule has 2 heterocycles. The summed E-state index contributed by atoms with van der Waals surface area (Å²) < 4.78 is 1.29. The molecule has 1 aromatic carbocycles. The first-order valence-corrected chi connectivity index (χ1v) is 7.87. The van der Waals surface area contributed by atoms with E-state index in [2.05, 4.69) is 47.9 Å². The molecule has 0 aliphatic carbocycles. The van der Waals surface area contributed by atoms with Gasteiger partial charge in [0.2, 0.25) is 0 Å². The number of fused-ring (bicyclic) bond motifs is 1. The van der Waals surface area contributed by atoms with E-state index in [1.54, 1.807) is 0 Å². The normalized spacial score (nSPS) is 17.5. The molecule has 1 aromatic heterocycles. The molecule has 2 aromatic rings. The smallest absolute Gasteiger partial charge is 0.186 e. The lowest BCUT2D eigenvalue weighted by Crippen LogP contribution is -2.47. The Hall–Kier alpha value is -1.13. The van der Waals surface area contributed by atoms with Gasteiger partial charge < -0.3 is 4.90 Å². The van der Waals surface area contributed by atoms with Crippen LogP contribution in [0.1, 0.15) is 13.8 Å². The fraction of sp³-hybridized carbons (Fsp3) is 0.533. The van der Waals surface area contributed by atoms with Gasteiger partial charge in [-0.1, -0.05) is 37.3 Å². The molecule has 0 radical (unpaired) electrons. The minimum Gasteiger partial charge on any atom is -0.345 e. The minimum absolute atomic E-state index is 0.758. The van der Waals surface area contributed by atoms with Gasteiger partial charge in [0, 0.05) is 32.7 Å². The van der Waals surface area contributed by atoms with Crippen molar-refractivity contribution in [3.63, 3.8) is 0 Å². The van der Waals surface area contributed by atoms with Crippen LogP contribution in [0.3, 0.4) is 0 Å². The van der Waals surface area contributed by atoms with Crippen LogP contribution in [0.5, 0.6) is 0 Å². The first-order valence-electron chi connectivity index (χ1n) is 7.05. The summed E-state index contributed by atoms with van der Waals surface area (Å²) in [5, 5.41) is 1.19. The Kier molecular flexibility index (Phi) is 3.71. The number of hydrogen-bond acceptors (Lipinski definition) is 4. The van der Waals surface area contributed by atoms with Crippen molar-refractivity contribution in [3.05, 3.63) is 24.3 Å². The summed E-state index contributed by atoms with van der Waals surface area (Å²) in [5.74, 6) is 0.758. The van der Waals surface area contributed by atoms with Gasteiger partial charge in [0.1, 0.15) is 0 Å². The van der Waals surface area contributed by atoms with Crippen LogP contribution in [0.4, 0.5) is 5.13 Å². The second-order valence-electron chi connectivity index (χ2n) is 5.65. The molecule has 0 atom stereocenters. The molecule has 0 unspecified atom stereocenters. The maximum Gasteiger partial charge on any atom is 0.186 e. The fourth-order valence-electron chi connectivity index (χ4n) is 2.63. The molecular weight excluding hydrogens is 254 g/mol. The summed E-state index contributed by atoms with van der Waals surface area (Å²) in [6.45, 7) is 10.3. The molecule has 3 nitrogen and oxygen atoms in total. The Morgan fingerprint density at radius 1 is 1.16 bits per heavy atom. The van der Waals surface area contributed by atoms with Crippen molar-refractivity contribution in [2.75, 3.05) is 37.6 Å². The summed E-state index contributed by atoms with van der Waals surface area (Å²) in [6, 6.07) is 8.41. The summed E-state index contributed by atoms with van der Waals surface area (Å²) in [7, 11) is 0. The van der Waals surface area contributed by atoms with Crippen LogP contribution >= 0.6 is 11.3 Å². The number of nitrogens with zero attached hydrogens (tertiary/aromatic N) is 3. The Balaban J connectivity index is 1.68. The van der Waals surface area contributed by atoms with Crippen LogP contribution in [0.25, 0.3) is 10.2 Å². The topological polar surface area (TPSA) is 19.4 Å². The maximum atomic E-state index is 4.75. The average molecular weight is 275 g/mol. The Labute approximate surface area is 118 Å². The largest absolute Gasteiger partial charge is 0.345 e. The van der Waals surface area contributed by atoms with Crippen molar-refractivity contribution < 1.29 is 0 Å². The van der Waals surface area contributed by atoms with E-state index < -0.39 is 0 Å². The van der Waals surface area contributed by atoms with E-state index in [-0.39, 0.29) is 0 Å². The number of aromatic nitrogens is 1. The zero-order chi connectivity index (χ0) is 13.2. The molecule has 0 bridgehead atoms. The van der Waals surface area contributed by atoms with E-state index >= 15 is 0 Å². The second kappa shape index (κ2) is 5.47. The van der Waals surface area contributed by atoms with Crippen molar-refractivity contribution in [1.29, 1.82) is 0 Å². The summed E-state index contributed by atoms with van der Waals surface area (Å²) in [6.07, 6.45) is 0. The third-order valence-electron chi connectivity index (χ3n) is 3.55. The molecule has 102 valence electrons. The zero-order valence-corrected chi connectivity index (χ0v) is 12.5. The summed E-state index contributed by atoms with van der Waals surface area (Å²) >= 11 is 1.82. The molecule has 0 saturated carbocycles. The van der Waals surface area contributed by atoms with Gasteiger partial charge >= 0.3 is 0 Å². The van der Waals surface area contributed by atoms with Crippen LogP contribution < -0.4 is 4.90 Å². The lowest BCUT2D eigenvalue weighted by molar-refractivity contribution is 0.231. The minimum atomic E-state index is 0.758. The summed E-state index contributed by atoms with van der Waals surface area (Å²) in [5.41, 5.74) is 1.13. The van der Waals surface area contributed by atoms with Gasteiger partial charge in [-0.3, -0.25) is 4.90 Å². The number of benzene rings is 1. The van der Waals surface area contributed by atoms with E-state index in [0.29, 0.717) is 0 Å². The Morgan fingerprint density at radius 3 is 2.58 bits per heavy atom. The highest BCUT2D eigenvalue weighted by atomic mass is 32.1. The first kappa shape index (κ1) is 12.9. The van der Waals surface area contributed by atoms with Gasteiger partial charge in [0.15, 0.2) is 5.13 Å². The highest BCUT2D eigenvalue weighted by Crippen LogP contribution is 2.29. The fourth-order valence-corrected chi connectivity index (χ4v) is 3.65. The molecule has 3 rings (SSSR count). The third-order valence-corrected chi connectivity index (χ3v) is 4.65. The van der Waals surface area contributed by atoms with E-state index in [0.717, 1.165) is 37.6 Å². The molecule has 19 heavy (non-hydrogen) atoms. The number of piperazine rings is 1. The molecule has 0 spiro atoms. The second-order valence-corrected chi connectivity index (χ2v) is 6.65. The van der Waals surface area contributed by atoms with Crippen LogP contribution in [0.2, 0.25) is 0 Å². The van der Waals surface area contributed by atoms with Gasteiger partial charge in [-0.15, -0.1) is 0 Å². The number of hydrogen-bond donors (Lipinski definition) is 0. The Morgan fingerprint density at radius 2 is 1.89 bits per heavy atom. The van der Waals surface area contributed by atoms with Gasteiger partial charge in [-0.25, -0.2) is 4.98 Å². The SMILES string of the molecule is CC(C)CN1CCN(c2nc3ccccc3s2)CC1. The molecule has 0 N–H and O–H groups in total. The van der Waals surface area contributed by atoms with E-state index in [4.69, 9.17) is 4.98 Å². The highest BCUT2D eigenvalue weighted by Gasteiger charge is 2.19. The van der Waals surface area contributed by atoms with Crippen LogP contribution in [-0.2, 0) is 0 Å². The van der Waals surface area contributed by atoms with Gasteiger partial charge in [0.25, 0.3) is 0 Å². The summed E-state index contributed by atoms with van der Waals surface area (Å²) in [4.78, 5) is 9.74. The standard InChI is InChI=1S/C15H21N3S/c1-12(2)11-17-7-9-18(10-8-17)15-16-13-5-3-4-6-14(13)19-15/h3-6,12H,7-11H2,1-2H3. The molecule has 1 fully saturated rings. The van der Waals surface area contributed by atoms with Crippen molar-refractivity contribution in [2.45, 2.75) is 13.8 Å². The highest BCUT2D eigenvalue weighted by molar-refractivity contribution is 7.22. The Bertz CT molecular complexity index is 508. The van der Waals surface area contributed by atoms with Gasteiger partial charge in [-0.2, -0.15) is 0 Å². The van der Waals surface area contributed by atoms with Gasteiger partial charge in [0.05, 0.1) is 10.2 Å². The van der Waals surface area contributed by atoms with E-state index in [9.17, 15) is 0 Å². The van der Waals surface area contributed by atoms with Crippen LogP contribution in [0, 0.1) is 5.92 Å². The molecule has 1 aliphatic heterocycles.